The molecule has 0 atom stereocenters. The van der Waals surface area contributed by atoms with Gasteiger partial charge in [0.15, 0.2) is 0 Å². The Morgan fingerprint density at radius 1 is 0.783 bits per heavy atom. The number of rotatable bonds is 10. The van der Waals surface area contributed by atoms with Crippen molar-refractivity contribution in [3.63, 3.8) is 0 Å². The molecule has 126 valence electrons. The number of hydrogen-bond donors (Lipinski definition) is 0. The molecule has 0 aromatic rings. The Morgan fingerprint density at radius 3 is 1.52 bits per heavy atom. The van der Waals surface area contributed by atoms with Gasteiger partial charge in [-0.3, -0.25) is 4.79 Å². The predicted octanol–water partition coefficient (Wildman–Crippen LogP) is 0.476. The van der Waals surface area contributed by atoms with Gasteiger partial charge < -0.3 is 18.9 Å². The van der Waals surface area contributed by atoms with Crippen LogP contribution in [0.4, 0.5) is 0 Å². The van der Waals surface area contributed by atoms with Crippen LogP contribution in [0.3, 0.4) is 0 Å². The van der Waals surface area contributed by atoms with Crippen molar-refractivity contribution in [3.8, 4) is 0 Å². The second kappa shape index (κ2) is 9.93. The Hall–Kier alpha value is -2.90. The Morgan fingerprint density at radius 2 is 1.17 bits per heavy atom. The standard InChI is InChI=1S/C15H18O8/c1-5-12(17)21-9-15(8-20-11(4)16,23-14(19)7-3)10-22-13(18)6-2/h5-7H,1-3,8-10H2,4H3. The highest BCUT2D eigenvalue weighted by atomic mass is 16.6. The lowest BCUT2D eigenvalue weighted by Gasteiger charge is -2.31. The Bertz CT molecular complexity index is 482. The van der Waals surface area contributed by atoms with E-state index in [2.05, 4.69) is 19.7 Å². The van der Waals surface area contributed by atoms with Crippen molar-refractivity contribution in [2.24, 2.45) is 0 Å². The molecular formula is C15H18O8. The van der Waals surface area contributed by atoms with E-state index in [-0.39, 0.29) is 0 Å². The molecule has 0 aliphatic rings. The lowest BCUT2D eigenvalue weighted by molar-refractivity contribution is -0.190. The van der Waals surface area contributed by atoms with E-state index in [1.807, 2.05) is 0 Å². The van der Waals surface area contributed by atoms with E-state index in [1.54, 1.807) is 0 Å². The lowest BCUT2D eigenvalue weighted by Crippen LogP contribution is -2.49. The fourth-order valence-electron chi connectivity index (χ4n) is 1.22. The maximum atomic E-state index is 11.5. The van der Waals surface area contributed by atoms with E-state index >= 15 is 0 Å². The Kier molecular flexibility index (Phi) is 8.68. The van der Waals surface area contributed by atoms with Gasteiger partial charge in [0, 0.05) is 25.2 Å². The first-order chi connectivity index (χ1) is 10.8. The molecule has 0 spiro atoms. The van der Waals surface area contributed by atoms with Gasteiger partial charge in [0.25, 0.3) is 0 Å². The Labute approximate surface area is 133 Å². The fraction of sp³-hybridized carbons (Fsp3) is 0.333. The summed E-state index contributed by atoms with van der Waals surface area (Å²) < 4.78 is 19.5. The molecule has 0 N–H and O–H groups in total. The third kappa shape index (κ3) is 8.20. The highest BCUT2D eigenvalue weighted by Gasteiger charge is 2.39. The zero-order chi connectivity index (χ0) is 17.9. The zero-order valence-corrected chi connectivity index (χ0v) is 12.7. The quantitative estimate of drug-likeness (QED) is 0.324. The van der Waals surface area contributed by atoms with Crippen molar-refractivity contribution < 1.29 is 38.1 Å². The van der Waals surface area contributed by atoms with Crippen molar-refractivity contribution in [1.82, 2.24) is 0 Å². The molecule has 0 unspecified atom stereocenters. The van der Waals surface area contributed by atoms with Gasteiger partial charge in [-0.05, 0) is 0 Å². The largest absolute Gasteiger partial charge is 0.461 e. The van der Waals surface area contributed by atoms with Gasteiger partial charge in [-0.15, -0.1) is 0 Å². The fourth-order valence-corrected chi connectivity index (χ4v) is 1.22. The summed E-state index contributed by atoms with van der Waals surface area (Å²) in [5.74, 6) is -3.17. The summed E-state index contributed by atoms with van der Waals surface area (Å²) in [5.41, 5.74) is -1.73. The molecule has 0 aliphatic carbocycles. The van der Waals surface area contributed by atoms with E-state index in [9.17, 15) is 19.2 Å². The van der Waals surface area contributed by atoms with Crippen LogP contribution in [0.25, 0.3) is 0 Å². The summed E-state index contributed by atoms with van der Waals surface area (Å²) in [7, 11) is 0. The third-order valence-corrected chi connectivity index (χ3v) is 2.31. The topological polar surface area (TPSA) is 105 Å². The van der Waals surface area contributed by atoms with Crippen LogP contribution in [0.2, 0.25) is 0 Å². The van der Waals surface area contributed by atoms with Crippen LogP contribution < -0.4 is 0 Å². The first kappa shape index (κ1) is 20.1. The first-order valence-corrected chi connectivity index (χ1v) is 6.35. The monoisotopic (exact) mass is 326 g/mol. The molecule has 0 fully saturated rings. The minimum absolute atomic E-state index is 0.503. The maximum Gasteiger partial charge on any atom is 0.331 e. The van der Waals surface area contributed by atoms with Crippen LogP contribution in [0.1, 0.15) is 6.92 Å². The molecule has 0 aromatic heterocycles. The van der Waals surface area contributed by atoms with E-state index < -0.39 is 49.3 Å². The zero-order valence-electron chi connectivity index (χ0n) is 12.7. The summed E-state index contributed by atoms with van der Waals surface area (Å²) in [4.78, 5) is 44.9. The highest BCUT2D eigenvalue weighted by molar-refractivity contribution is 5.83. The lowest BCUT2D eigenvalue weighted by atomic mass is 10.1. The molecule has 8 heteroatoms. The van der Waals surface area contributed by atoms with E-state index in [1.165, 1.54) is 0 Å². The van der Waals surface area contributed by atoms with E-state index in [4.69, 9.17) is 18.9 Å². The molecule has 0 aromatic carbocycles. The van der Waals surface area contributed by atoms with Gasteiger partial charge in [0.05, 0.1) is 0 Å². The van der Waals surface area contributed by atoms with Crippen LogP contribution in [-0.2, 0) is 38.1 Å². The van der Waals surface area contributed by atoms with Crippen molar-refractivity contribution >= 4 is 23.9 Å². The number of ether oxygens (including phenoxy) is 4. The molecular weight excluding hydrogens is 308 g/mol. The molecule has 0 saturated carbocycles. The van der Waals surface area contributed by atoms with E-state index in [0.717, 1.165) is 25.2 Å². The second-order valence-electron chi connectivity index (χ2n) is 4.21. The summed E-state index contributed by atoms with van der Waals surface area (Å²) in [6.45, 7) is 9.23. The summed E-state index contributed by atoms with van der Waals surface area (Å²) in [5, 5.41) is 0. The molecule has 23 heavy (non-hydrogen) atoms. The first-order valence-electron chi connectivity index (χ1n) is 6.35. The number of esters is 4. The number of carbonyl (C=O) groups is 4. The van der Waals surface area contributed by atoms with E-state index in [0.29, 0.717) is 0 Å². The minimum atomic E-state index is -1.73. The third-order valence-electron chi connectivity index (χ3n) is 2.31. The summed E-state index contributed by atoms with van der Waals surface area (Å²) >= 11 is 0. The molecule has 0 rings (SSSR count). The van der Waals surface area contributed by atoms with Crippen molar-refractivity contribution in [2.45, 2.75) is 12.5 Å². The number of carbonyl (C=O) groups excluding carboxylic acids is 4. The maximum absolute atomic E-state index is 11.5. The molecule has 0 bridgehead atoms. The van der Waals surface area contributed by atoms with Crippen molar-refractivity contribution in [2.75, 3.05) is 19.8 Å². The molecule has 0 heterocycles. The molecule has 0 amide bonds. The summed E-state index contributed by atoms with van der Waals surface area (Å²) in [6.07, 6.45) is 2.64. The molecule has 8 nitrogen and oxygen atoms in total. The van der Waals surface area contributed by atoms with Crippen molar-refractivity contribution in [1.29, 1.82) is 0 Å². The average molecular weight is 326 g/mol. The highest BCUT2D eigenvalue weighted by Crippen LogP contribution is 2.16. The van der Waals surface area contributed by atoms with Gasteiger partial charge in [-0.25, -0.2) is 14.4 Å². The average Bonchev–Trinajstić information content (AvgIpc) is 2.54. The van der Waals surface area contributed by atoms with Crippen LogP contribution in [0, 0.1) is 0 Å². The molecule has 0 saturated heterocycles. The SMILES string of the molecule is C=CC(=O)OCC(COC(C)=O)(COC(=O)C=C)OC(=O)C=C. The number of hydrogen-bond acceptors (Lipinski definition) is 8. The van der Waals surface area contributed by atoms with Gasteiger partial charge in [0.2, 0.25) is 5.60 Å². The van der Waals surface area contributed by atoms with Crippen LogP contribution in [-0.4, -0.2) is 49.3 Å². The van der Waals surface area contributed by atoms with Crippen LogP contribution >= 0.6 is 0 Å². The van der Waals surface area contributed by atoms with Crippen LogP contribution in [0.5, 0.6) is 0 Å². The van der Waals surface area contributed by atoms with Gasteiger partial charge in [-0.2, -0.15) is 0 Å². The predicted molar refractivity (Wildman–Crippen MR) is 78.0 cm³/mol. The normalized spacial score (nSPS) is 9.96. The molecule has 0 aliphatic heterocycles. The Balaban J connectivity index is 5.31. The van der Waals surface area contributed by atoms with Crippen LogP contribution in [0.15, 0.2) is 38.0 Å². The van der Waals surface area contributed by atoms with Gasteiger partial charge in [0.1, 0.15) is 19.8 Å². The van der Waals surface area contributed by atoms with Crippen molar-refractivity contribution in [3.05, 3.63) is 38.0 Å². The smallest absolute Gasteiger partial charge is 0.331 e. The second-order valence-corrected chi connectivity index (χ2v) is 4.21. The van der Waals surface area contributed by atoms with Gasteiger partial charge in [-0.1, -0.05) is 19.7 Å². The van der Waals surface area contributed by atoms with Gasteiger partial charge >= 0.3 is 23.9 Å². The minimum Gasteiger partial charge on any atom is -0.461 e. The summed E-state index contributed by atoms with van der Waals surface area (Å²) in [6, 6.07) is 0. The molecule has 0 radical (unpaired) electrons.